The van der Waals surface area contributed by atoms with E-state index in [1.807, 2.05) is 6.08 Å². The maximum Gasteiger partial charge on any atom is 0.121 e. The molecule has 3 heteroatoms. The third-order valence-corrected chi connectivity index (χ3v) is 2.67. The van der Waals surface area contributed by atoms with Crippen LogP contribution >= 0.6 is 0 Å². The van der Waals surface area contributed by atoms with Crippen LogP contribution in [0, 0.1) is 5.92 Å². The zero-order valence-corrected chi connectivity index (χ0v) is 7.74. The molecule has 1 N–H and O–H groups in total. The summed E-state index contributed by atoms with van der Waals surface area (Å²) in [7, 11) is 0. The molecule has 2 heterocycles. The number of allylic oxidation sites excluding steroid dienone is 1. The molecule has 74 valence electrons. The van der Waals surface area contributed by atoms with Gasteiger partial charge in [0, 0.05) is 12.5 Å². The Kier molecular flexibility index (Phi) is 2.86. The van der Waals surface area contributed by atoms with Gasteiger partial charge < -0.3 is 14.6 Å². The molecule has 0 spiro atoms. The van der Waals surface area contributed by atoms with Crippen LogP contribution in [0.25, 0.3) is 0 Å². The van der Waals surface area contributed by atoms with Crippen molar-refractivity contribution in [3.63, 3.8) is 0 Å². The lowest BCUT2D eigenvalue weighted by molar-refractivity contribution is 0.0494. The molecule has 1 fully saturated rings. The minimum atomic E-state index is -0.442. The second kappa shape index (κ2) is 4.11. The van der Waals surface area contributed by atoms with E-state index >= 15 is 0 Å². The number of aliphatic hydroxyl groups excluding tert-OH is 1. The second-order valence-electron chi connectivity index (χ2n) is 3.67. The van der Waals surface area contributed by atoms with Crippen molar-refractivity contribution in [2.75, 3.05) is 19.8 Å². The van der Waals surface area contributed by atoms with Crippen LogP contribution in [0.15, 0.2) is 11.8 Å². The zero-order valence-electron chi connectivity index (χ0n) is 7.74. The summed E-state index contributed by atoms with van der Waals surface area (Å²) >= 11 is 0. The molecule has 0 aromatic rings. The average molecular weight is 184 g/mol. The van der Waals surface area contributed by atoms with Crippen LogP contribution in [0.4, 0.5) is 0 Å². The average Bonchev–Trinajstić information content (AvgIpc) is 2.71. The largest absolute Gasteiger partial charge is 0.495 e. The Morgan fingerprint density at radius 3 is 3.00 bits per heavy atom. The van der Waals surface area contributed by atoms with Gasteiger partial charge in [-0.3, -0.25) is 0 Å². The molecule has 2 atom stereocenters. The first-order valence-electron chi connectivity index (χ1n) is 4.96. The van der Waals surface area contributed by atoms with Crippen LogP contribution < -0.4 is 0 Å². The molecule has 0 aromatic heterocycles. The summed E-state index contributed by atoms with van der Waals surface area (Å²) in [5.74, 6) is 1.01. The number of aliphatic hydroxyl groups is 1. The highest BCUT2D eigenvalue weighted by Gasteiger charge is 2.28. The van der Waals surface area contributed by atoms with Crippen LogP contribution in [-0.4, -0.2) is 31.0 Å². The van der Waals surface area contributed by atoms with Gasteiger partial charge in [-0.25, -0.2) is 0 Å². The molecule has 1 saturated heterocycles. The number of hydrogen-bond donors (Lipinski definition) is 1. The Balaban J connectivity index is 1.94. The van der Waals surface area contributed by atoms with E-state index in [2.05, 4.69) is 0 Å². The van der Waals surface area contributed by atoms with Crippen LogP contribution in [0.1, 0.15) is 19.3 Å². The van der Waals surface area contributed by atoms with Gasteiger partial charge in [-0.05, 0) is 25.3 Å². The molecule has 0 aromatic carbocycles. The van der Waals surface area contributed by atoms with Crippen LogP contribution in [-0.2, 0) is 9.47 Å². The van der Waals surface area contributed by atoms with Crippen molar-refractivity contribution in [2.45, 2.75) is 25.4 Å². The molecular weight excluding hydrogens is 168 g/mol. The first-order valence-corrected chi connectivity index (χ1v) is 4.96. The predicted molar refractivity (Wildman–Crippen MR) is 48.2 cm³/mol. The molecule has 3 nitrogen and oxygen atoms in total. The van der Waals surface area contributed by atoms with Crippen molar-refractivity contribution >= 4 is 0 Å². The Morgan fingerprint density at radius 1 is 1.46 bits per heavy atom. The van der Waals surface area contributed by atoms with E-state index in [0.717, 1.165) is 38.2 Å². The van der Waals surface area contributed by atoms with Crippen molar-refractivity contribution in [3.8, 4) is 0 Å². The lowest BCUT2D eigenvalue weighted by atomic mass is 9.99. The second-order valence-corrected chi connectivity index (χ2v) is 3.67. The summed E-state index contributed by atoms with van der Waals surface area (Å²) < 4.78 is 10.6. The molecule has 2 aliphatic heterocycles. The summed E-state index contributed by atoms with van der Waals surface area (Å²) in [5.41, 5.74) is 0. The summed E-state index contributed by atoms with van der Waals surface area (Å²) in [6.45, 7) is 2.19. The van der Waals surface area contributed by atoms with Gasteiger partial charge in [0.05, 0.1) is 13.2 Å². The summed E-state index contributed by atoms with van der Waals surface area (Å²) in [5, 5.41) is 9.90. The molecular formula is C10H16O3. The van der Waals surface area contributed by atoms with Gasteiger partial charge in [-0.15, -0.1) is 0 Å². The van der Waals surface area contributed by atoms with E-state index in [4.69, 9.17) is 9.47 Å². The highest BCUT2D eigenvalue weighted by Crippen LogP contribution is 2.24. The van der Waals surface area contributed by atoms with Crippen LogP contribution in [0.2, 0.25) is 0 Å². The van der Waals surface area contributed by atoms with Gasteiger partial charge in [0.2, 0.25) is 0 Å². The first-order chi connectivity index (χ1) is 6.38. The fourth-order valence-electron chi connectivity index (χ4n) is 1.82. The van der Waals surface area contributed by atoms with E-state index in [0.29, 0.717) is 6.61 Å². The van der Waals surface area contributed by atoms with E-state index in [1.165, 1.54) is 0 Å². The predicted octanol–water partition coefficient (Wildman–Crippen LogP) is 1.08. The highest BCUT2D eigenvalue weighted by molar-refractivity contribution is 5.04. The summed E-state index contributed by atoms with van der Waals surface area (Å²) in [4.78, 5) is 0. The van der Waals surface area contributed by atoms with E-state index in [9.17, 15) is 5.11 Å². The maximum atomic E-state index is 9.90. The zero-order chi connectivity index (χ0) is 9.10. The van der Waals surface area contributed by atoms with Crippen molar-refractivity contribution < 1.29 is 14.6 Å². The Hall–Kier alpha value is -0.540. The normalized spacial score (nSPS) is 30.8. The van der Waals surface area contributed by atoms with Crippen molar-refractivity contribution in [1.82, 2.24) is 0 Å². The number of hydrogen-bond acceptors (Lipinski definition) is 3. The lowest BCUT2D eigenvalue weighted by Crippen LogP contribution is -2.25. The van der Waals surface area contributed by atoms with Crippen molar-refractivity contribution in [3.05, 3.63) is 11.8 Å². The standard InChI is InChI=1S/C10H16O3/c11-10(8-4-6-12-7-8)9-3-1-2-5-13-9/h3,8,10-11H,1-2,4-7H2. The molecule has 0 bridgehead atoms. The molecule has 2 unspecified atom stereocenters. The topological polar surface area (TPSA) is 38.7 Å². The Labute approximate surface area is 78.3 Å². The van der Waals surface area contributed by atoms with Gasteiger partial charge in [0.15, 0.2) is 0 Å². The maximum absolute atomic E-state index is 9.90. The minimum Gasteiger partial charge on any atom is -0.495 e. The van der Waals surface area contributed by atoms with Gasteiger partial charge in [-0.1, -0.05) is 0 Å². The van der Waals surface area contributed by atoms with Crippen molar-refractivity contribution in [2.24, 2.45) is 5.92 Å². The van der Waals surface area contributed by atoms with Gasteiger partial charge >= 0.3 is 0 Å². The molecule has 0 amide bonds. The van der Waals surface area contributed by atoms with Crippen LogP contribution in [0.5, 0.6) is 0 Å². The number of ether oxygens (including phenoxy) is 2. The van der Waals surface area contributed by atoms with Gasteiger partial charge in [0.1, 0.15) is 11.9 Å². The van der Waals surface area contributed by atoms with E-state index < -0.39 is 6.10 Å². The molecule has 0 radical (unpaired) electrons. The molecule has 0 aliphatic carbocycles. The van der Waals surface area contributed by atoms with E-state index in [-0.39, 0.29) is 5.92 Å². The molecule has 13 heavy (non-hydrogen) atoms. The quantitative estimate of drug-likeness (QED) is 0.698. The first kappa shape index (κ1) is 9.03. The SMILES string of the molecule is OC(C1=CCCCO1)C1CCOC1. The monoisotopic (exact) mass is 184 g/mol. The Morgan fingerprint density at radius 2 is 2.38 bits per heavy atom. The van der Waals surface area contributed by atoms with Crippen LogP contribution in [0.3, 0.4) is 0 Å². The van der Waals surface area contributed by atoms with Gasteiger partial charge in [0.25, 0.3) is 0 Å². The lowest BCUT2D eigenvalue weighted by Gasteiger charge is -2.23. The highest BCUT2D eigenvalue weighted by atomic mass is 16.5. The van der Waals surface area contributed by atoms with Gasteiger partial charge in [-0.2, -0.15) is 0 Å². The smallest absolute Gasteiger partial charge is 0.121 e. The third-order valence-electron chi connectivity index (χ3n) is 2.67. The molecule has 2 rings (SSSR count). The Bertz CT molecular complexity index is 194. The summed E-state index contributed by atoms with van der Waals surface area (Å²) in [6, 6.07) is 0. The molecule has 0 saturated carbocycles. The third kappa shape index (κ3) is 2.03. The fourth-order valence-corrected chi connectivity index (χ4v) is 1.82. The minimum absolute atomic E-state index is 0.240. The fraction of sp³-hybridized carbons (Fsp3) is 0.800. The number of rotatable bonds is 2. The summed E-state index contributed by atoms with van der Waals surface area (Å²) in [6.07, 6.45) is 4.61. The van der Waals surface area contributed by atoms with Crippen molar-refractivity contribution in [1.29, 1.82) is 0 Å². The van der Waals surface area contributed by atoms with E-state index in [1.54, 1.807) is 0 Å². The molecule has 2 aliphatic rings.